The largest absolute Gasteiger partial charge is 0.472 e. The molecule has 3 atom stereocenters. The number of phosphoric ester groups is 1. The second kappa shape index (κ2) is 41.9. The van der Waals surface area contributed by atoms with Crippen LogP contribution in [0.15, 0.2) is 12.2 Å². The van der Waals surface area contributed by atoms with Crippen molar-refractivity contribution < 1.29 is 47.8 Å². The van der Waals surface area contributed by atoms with Gasteiger partial charge in [-0.3, -0.25) is 18.6 Å². The fourth-order valence-electron chi connectivity index (χ4n) is 6.59. The summed E-state index contributed by atoms with van der Waals surface area (Å²) in [5.74, 6) is -0.926. The molecule has 0 saturated heterocycles. The van der Waals surface area contributed by atoms with Gasteiger partial charge in [-0.2, -0.15) is 0 Å². The summed E-state index contributed by atoms with van der Waals surface area (Å²) >= 11 is 0. The summed E-state index contributed by atoms with van der Waals surface area (Å²) in [5, 5.41) is 18.3. The van der Waals surface area contributed by atoms with E-state index in [1.807, 2.05) is 0 Å². The smallest absolute Gasteiger partial charge is 0.462 e. The van der Waals surface area contributed by atoms with Gasteiger partial charge in [0.05, 0.1) is 19.8 Å². The van der Waals surface area contributed by atoms with Gasteiger partial charge in [0, 0.05) is 12.8 Å². The zero-order valence-electron chi connectivity index (χ0n) is 36.1. The van der Waals surface area contributed by atoms with E-state index in [0.717, 1.165) is 64.2 Å². The molecule has 0 spiro atoms. The lowest BCUT2D eigenvalue weighted by Crippen LogP contribution is -2.29. The molecular formula is C45H87O10P. The molecule has 0 aromatic rings. The van der Waals surface area contributed by atoms with Crippen LogP contribution in [0.5, 0.6) is 0 Å². The van der Waals surface area contributed by atoms with E-state index in [2.05, 4.69) is 30.5 Å². The molecule has 10 nitrogen and oxygen atoms in total. The summed E-state index contributed by atoms with van der Waals surface area (Å²) in [5.41, 5.74) is 0. The molecule has 0 fully saturated rings. The molecule has 0 rings (SSSR count). The average molecular weight is 819 g/mol. The van der Waals surface area contributed by atoms with Gasteiger partial charge < -0.3 is 24.6 Å². The molecule has 0 aliphatic rings. The number of carbonyl (C=O) groups excluding carboxylic acids is 2. The van der Waals surface area contributed by atoms with Crippen LogP contribution in [0.2, 0.25) is 0 Å². The van der Waals surface area contributed by atoms with E-state index in [4.69, 9.17) is 19.1 Å². The van der Waals surface area contributed by atoms with Crippen molar-refractivity contribution in [3.63, 3.8) is 0 Å². The highest BCUT2D eigenvalue weighted by molar-refractivity contribution is 7.47. The first-order valence-electron chi connectivity index (χ1n) is 23.1. The molecule has 0 saturated carbocycles. The van der Waals surface area contributed by atoms with Crippen molar-refractivity contribution >= 4 is 19.8 Å². The minimum Gasteiger partial charge on any atom is -0.462 e. The Balaban J connectivity index is 4.06. The first kappa shape index (κ1) is 54.7. The lowest BCUT2D eigenvalue weighted by Gasteiger charge is -2.20. The van der Waals surface area contributed by atoms with Crippen LogP contribution >= 0.6 is 7.82 Å². The van der Waals surface area contributed by atoms with Gasteiger partial charge in [-0.15, -0.1) is 0 Å². The molecule has 56 heavy (non-hydrogen) atoms. The van der Waals surface area contributed by atoms with Crippen molar-refractivity contribution in [1.29, 1.82) is 0 Å². The summed E-state index contributed by atoms with van der Waals surface area (Å²) in [6.45, 7) is 2.34. The van der Waals surface area contributed by atoms with E-state index in [1.54, 1.807) is 0 Å². The van der Waals surface area contributed by atoms with Crippen molar-refractivity contribution in [3.8, 4) is 0 Å². The Hall–Kier alpha value is -1.29. The number of phosphoric acid groups is 1. The summed E-state index contributed by atoms with van der Waals surface area (Å²) in [6, 6.07) is 0. The van der Waals surface area contributed by atoms with Crippen LogP contribution in [0.4, 0.5) is 0 Å². The summed E-state index contributed by atoms with van der Waals surface area (Å²) < 4.78 is 32.7. The Morgan fingerprint density at radius 2 is 0.911 bits per heavy atom. The highest BCUT2D eigenvalue weighted by Gasteiger charge is 2.27. The van der Waals surface area contributed by atoms with Crippen LogP contribution < -0.4 is 0 Å². The number of aliphatic hydroxyl groups is 2. The number of hydrogen-bond acceptors (Lipinski definition) is 9. The van der Waals surface area contributed by atoms with Crippen LogP contribution in [-0.2, 0) is 32.7 Å². The second-order valence-electron chi connectivity index (χ2n) is 15.8. The number of hydrogen-bond donors (Lipinski definition) is 3. The molecule has 0 aromatic carbocycles. The van der Waals surface area contributed by atoms with E-state index < -0.39 is 51.8 Å². The molecule has 0 amide bonds. The zero-order valence-corrected chi connectivity index (χ0v) is 37.0. The van der Waals surface area contributed by atoms with Crippen molar-refractivity contribution in [2.75, 3.05) is 26.4 Å². The van der Waals surface area contributed by atoms with Crippen LogP contribution in [0.3, 0.4) is 0 Å². The highest BCUT2D eigenvalue weighted by Crippen LogP contribution is 2.43. The second-order valence-corrected chi connectivity index (χ2v) is 17.2. The molecule has 0 aliphatic heterocycles. The standard InChI is InChI=1S/C45H87O10P/c1-3-5-7-9-11-13-15-16-17-18-19-20-21-22-23-24-25-26-27-29-30-32-34-36-44(48)52-40-43(41-54-56(50,51)53-39-42(47)38-46)55-45(49)37-35-33-31-28-14-12-10-8-6-4-2/h8,10,42-43,46-47H,3-7,9,11-41H2,1-2H3,(H,50,51)/b10-8-. The lowest BCUT2D eigenvalue weighted by molar-refractivity contribution is -0.161. The Morgan fingerprint density at radius 3 is 1.36 bits per heavy atom. The minimum absolute atomic E-state index is 0.177. The fourth-order valence-corrected chi connectivity index (χ4v) is 7.38. The fraction of sp³-hybridized carbons (Fsp3) is 0.911. The van der Waals surface area contributed by atoms with E-state index in [9.17, 15) is 24.2 Å². The van der Waals surface area contributed by atoms with Gasteiger partial charge in [-0.25, -0.2) is 4.57 Å². The Bertz CT molecular complexity index is 946. The van der Waals surface area contributed by atoms with Crippen LogP contribution in [-0.4, -0.2) is 65.7 Å². The van der Waals surface area contributed by atoms with Crippen molar-refractivity contribution in [2.24, 2.45) is 0 Å². The summed E-state index contributed by atoms with van der Waals surface area (Å²) in [7, 11) is -4.61. The van der Waals surface area contributed by atoms with Crippen LogP contribution in [0.25, 0.3) is 0 Å². The maximum absolute atomic E-state index is 12.5. The number of rotatable bonds is 44. The molecule has 11 heteroatoms. The normalized spacial score (nSPS) is 13.9. The van der Waals surface area contributed by atoms with E-state index in [1.165, 1.54) is 122 Å². The highest BCUT2D eigenvalue weighted by atomic mass is 31.2. The van der Waals surface area contributed by atoms with E-state index >= 15 is 0 Å². The SMILES string of the molecule is CCC/C=C\CCCCCCCC(=O)OC(COC(=O)CCCCCCCCCCCCCCCCCCCCCCCCC)COP(=O)(O)OCC(O)CO. The molecule has 3 unspecified atom stereocenters. The van der Waals surface area contributed by atoms with Gasteiger partial charge in [0.1, 0.15) is 12.7 Å². The number of ether oxygens (including phenoxy) is 2. The lowest BCUT2D eigenvalue weighted by atomic mass is 10.0. The predicted octanol–water partition coefficient (Wildman–Crippen LogP) is 12.4. The topological polar surface area (TPSA) is 149 Å². The third kappa shape index (κ3) is 40.9. The van der Waals surface area contributed by atoms with Crippen LogP contribution in [0.1, 0.15) is 226 Å². The first-order chi connectivity index (χ1) is 27.2. The van der Waals surface area contributed by atoms with E-state index in [-0.39, 0.29) is 19.4 Å². The first-order valence-corrected chi connectivity index (χ1v) is 24.6. The van der Waals surface area contributed by atoms with Crippen molar-refractivity contribution in [3.05, 3.63) is 12.2 Å². The molecule has 0 bridgehead atoms. The third-order valence-electron chi connectivity index (χ3n) is 10.2. The van der Waals surface area contributed by atoms with Gasteiger partial charge >= 0.3 is 19.8 Å². The van der Waals surface area contributed by atoms with Gasteiger partial charge in [0.15, 0.2) is 6.10 Å². The molecule has 332 valence electrons. The van der Waals surface area contributed by atoms with Crippen molar-refractivity contribution in [2.45, 2.75) is 238 Å². The Kier molecular flexibility index (Phi) is 40.9. The molecular weight excluding hydrogens is 731 g/mol. The van der Waals surface area contributed by atoms with Gasteiger partial charge in [-0.1, -0.05) is 193 Å². The number of allylic oxidation sites excluding steroid dienone is 2. The number of carbonyl (C=O) groups is 2. The minimum atomic E-state index is -4.61. The maximum atomic E-state index is 12.5. The zero-order chi connectivity index (χ0) is 41.2. The number of aliphatic hydroxyl groups excluding tert-OH is 2. The van der Waals surface area contributed by atoms with E-state index in [0.29, 0.717) is 12.8 Å². The molecule has 0 aromatic heterocycles. The number of unbranched alkanes of at least 4 members (excludes halogenated alkanes) is 28. The monoisotopic (exact) mass is 819 g/mol. The van der Waals surface area contributed by atoms with Gasteiger partial charge in [0.25, 0.3) is 0 Å². The van der Waals surface area contributed by atoms with Crippen LogP contribution in [0, 0.1) is 0 Å². The molecule has 3 N–H and O–H groups in total. The summed E-state index contributed by atoms with van der Waals surface area (Å²) in [6.07, 6.45) is 40.6. The summed E-state index contributed by atoms with van der Waals surface area (Å²) in [4.78, 5) is 34.9. The molecule has 0 radical (unpaired) electrons. The van der Waals surface area contributed by atoms with Crippen molar-refractivity contribution in [1.82, 2.24) is 0 Å². The Labute approximate surface area is 343 Å². The average Bonchev–Trinajstić information content (AvgIpc) is 3.19. The predicted molar refractivity (Wildman–Crippen MR) is 229 cm³/mol. The van der Waals surface area contributed by atoms with Gasteiger partial charge in [0.2, 0.25) is 0 Å². The third-order valence-corrected chi connectivity index (χ3v) is 11.1. The van der Waals surface area contributed by atoms with Gasteiger partial charge in [-0.05, 0) is 32.1 Å². The molecule has 0 aliphatic carbocycles. The number of esters is 2. The molecule has 0 heterocycles. The maximum Gasteiger partial charge on any atom is 0.472 e. The Morgan fingerprint density at radius 1 is 0.518 bits per heavy atom. The quantitative estimate of drug-likeness (QED) is 0.0235.